The topological polar surface area (TPSA) is 42.4 Å². The van der Waals surface area contributed by atoms with Gasteiger partial charge in [0.2, 0.25) is 0 Å². The summed E-state index contributed by atoms with van der Waals surface area (Å²) in [7, 11) is 0. The average Bonchev–Trinajstić information content (AvgIpc) is 2.66. The van der Waals surface area contributed by atoms with Crippen molar-refractivity contribution in [3.63, 3.8) is 0 Å². The number of aromatic nitrogens is 1. The minimum Gasteiger partial charge on any atom is -0.384 e. The van der Waals surface area contributed by atoms with Crippen LogP contribution in [0.5, 0.6) is 0 Å². The lowest BCUT2D eigenvalue weighted by atomic mass is 9.72. The SMILES string of the molecule is CCOC1CC(C)(C)Cc2nc(C(C)C)c([C@@H](O)c3ccc(C(C)C)cc3)c(C)c21. The molecular weight excluding hydrogens is 370 g/mol. The molecule has 1 heterocycles. The van der Waals surface area contributed by atoms with Gasteiger partial charge in [-0.1, -0.05) is 65.8 Å². The van der Waals surface area contributed by atoms with E-state index in [0.717, 1.165) is 40.9 Å². The molecule has 3 heteroatoms. The van der Waals surface area contributed by atoms with Crippen LogP contribution in [0, 0.1) is 12.3 Å². The molecule has 30 heavy (non-hydrogen) atoms. The van der Waals surface area contributed by atoms with Crippen LogP contribution >= 0.6 is 0 Å². The van der Waals surface area contributed by atoms with Crippen molar-refractivity contribution in [1.29, 1.82) is 0 Å². The molecule has 164 valence electrons. The third kappa shape index (κ3) is 4.48. The van der Waals surface area contributed by atoms with Gasteiger partial charge in [0.25, 0.3) is 0 Å². The number of pyridine rings is 1. The standard InChI is InChI=1S/C27H39NO2/c1-9-30-22-15-27(7,8)14-21-23(22)18(6)24(25(28-21)17(4)5)26(29)20-12-10-19(11-13-20)16(2)3/h10-13,16-17,22,26,29H,9,14-15H2,1-8H3/t22?,26-/m0/s1. The van der Waals surface area contributed by atoms with E-state index in [9.17, 15) is 5.11 Å². The van der Waals surface area contributed by atoms with E-state index >= 15 is 0 Å². The highest BCUT2D eigenvalue weighted by Gasteiger charge is 2.37. The van der Waals surface area contributed by atoms with Crippen molar-refractivity contribution in [2.24, 2.45) is 5.41 Å². The van der Waals surface area contributed by atoms with Crippen LogP contribution in [0.25, 0.3) is 0 Å². The third-order valence-corrected chi connectivity index (χ3v) is 6.46. The molecule has 0 fully saturated rings. The van der Waals surface area contributed by atoms with Gasteiger partial charge in [0.15, 0.2) is 0 Å². The van der Waals surface area contributed by atoms with E-state index in [1.807, 2.05) is 0 Å². The van der Waals surface area contributed by atoms with E-state index in [4.69, 9.17) is 9.72 Å². The Bertz CT molecular complexity index is 881. The summed E-state index contributed by atoms with van der Waals surface area (Å²) in [5.41, 5.74) is 7.85. The predicted molar refractivity (Wildman–Crippen MR) is 124 cm³/mol. The maximum atomic E-state index is 11.5. The summed E-state index contributed by atoms with van der Waals surface area (Å²) in [5, 5.41) is 11.5. The number of ether oxygens (including phenoxy) is 1. The summed E-state index contributed by atoms with van der Waals surface area (Å²) >= 11 is 0. The molecule has 1 aromatic heterocycles. The normalized spacial score (nSPS) is 19.2. The molecule has 0 spiro atoms. The van der Waals surface area contributed by atoms with Gasteiger partial charge in [0.05, 0.1) is 6.10 Å². The van der Waals surface area contributed by atoms with Crippen molar-refractivity contribution in [3.05, 3.63) is 63.5 Å². The Hall–Kier alpha value is -1.71. The molecule has 1 unspecified atom stereocenters. The second-order valence-corrected chi connectivity index (χ2v) is 10.3. The van der Waals surface area contributed by atoms with Gasteiger partial charge < -0.3 is 9.84 Å². The van der Waals surface area contributed by atoms with E-state index in [1.54, 1.807) is 0 Å². The Morgan fingerprint density at radius 3 is 2.20 bits per heavy atom. The van der Waals surface area contributed by atoms with Gasteiger partial charge >= 0.3 is 0 Å². The van der Waals surface area contributed by atoms with Crippen molar-refractivity contribution in [2.75, 3.05) is 6.61 Å². The predicted octanol–water partition coefficient (Wildman–Crippen LogP) is 6.77. The zero-order chi connectivity index (χ0) is 22.2. The monoisotopic (exact) mass is 409 g/mol. The van der Waals surface area contributed by atoms with Gasteiger partial charge in [-0.15, -0.1) is 0 Å². The van der Waals surface area contributed by atoms with Crippen LogP contribution in [-0.2, 0) is 11.2 Å². The number of fused-ring (bicyclic) bond motifs is 1. The molecule has 3 nitrogen and oxygen atoms in total. The molecule has 3 rings (SSSR count). The van der Waals surface area contributed by atoms with Gasteiger partial charge in [-0.05, 0) is 60.6 Å². The molecule has 2 aromatic rings. The number of rotatable bonds is 6. The first-order valence-corrected chi connectivity index (χ1v) is 11.5. The van der Waals surface area contributed by atoms with Crippen molar-refractivity contribution in [1.82, 2.24) is 4.98 Å². The van der Waals surface area contributed by atoms with Gasteiger partial charge in [0, 0.05) is 29.1 Å². The number of aliphatic hydroxyl groups is 1. The van der Waals surface area contributed by atoms with Crippen molar-refractivity contribution < 1.29 is 9.84 Å². The van der Waals surface area contributed by atoms with Crippen LogP contribution in [0.4, 0.5) is 0 Å². The molecule has 0 amide bonds. The van der Waals surface area contributed by atoms with Crippen molar-refractivity contribution >= 4 is 0 Å². The van der Waals surface area contributed by atoms with Crippen LogP contribution in [0.2, 0.25) is 0 Å². The Morgan fingerprint density at radius 2 is 1.67 bits per heavy atom. The largest absolute Gasteiger partial charge is 0.384 e. The Balaban J connectivity index is 2.15. The summed E-state index contributed by atoms with van der Waals surface area (Å²) in [6.45, 7) is 18.2. The van der Waals surface area contributed by atoms with Gasteiger partial charge in [-0.3, -0.25) is 4.98 Å². The van der Waals surface area contributed by atoms with Crippen LogP contribution in [0.3, 0.4) is 0 Å². The number of hydrogen-bond donors (Lipinski definition) is 1. The van der Waals surface area contributed by atoms with Crippen LogP contribution < -0.4 is 0 Å². The molecule has 0 aliphatic heterocycles. The first-order chi connectivity index (χ1) is 14.1. The quantitative estimate of drug-likeness (QED) is 0.572. The van der Waals surface area contributed by atoms with E-state index in [-0.39, 0.29) is 17.4 Å². The highest BCUT2D eigenvalue weighted by Crippen LogP contribution is 2.46. The Labute approximate surface area is 182 Å². The fraction of sp³-hybridized carbons (Fsp3) is 0.593. The Morgan fingerprint density at radius 1 is 1.07 bits per heavy atom. The molecule has 1 aliphatic carbocycles. The van der Waals surface area contributed by atoms with Gasteiger partial charge in [-0.25, -0.2) is 0 Å². The number of nitrogens with zero attached hydrogens (tertiary/aromatic N) is 1. The third-order valence-electron chi connectivity index (χ3n) is 6.46. The van der Waals surface area contributed by atoms with E-state index in [0.29, 0.717) is 12.5 Å². The molecular formula is C27H39NO2. The highest BCUT2D eigenvalue weighted by molar-refractivity contribution is 5.48. The van der Waals surface area contributed by atoms with E-state index in [2.05, 4.69) is 79.7 Å². The molecule has 1 aromatic carbocycles. The minimum atomic E-state index is -0.682. The van der Waals surface area contributed by atoms with E-state index < -0.39 is 6.10 Å². The van der Waals surface area contributed by atoms with Gasteiger partial charge in [-0.2, -0.15) is 0 Å². The first kappa shape index (κ1) is 23.0. The lowest BCUT2D eigenvalue weighted by Crippen LogP contribution is -2.30. The number of hydrogen-bond acceptors (Lipinski definition) is 3. The fourth-order valence-corrected chi connectivity index (χ4v) is 4.87. The maximum Gasteiger partial charge on any atom is 0.106 e. The number of benzene rings is 1. The highest BCUT2D eigenvalue weighted by atomic mass is 16.5. The first-order valence-electron chi connectivity index (χ1n) is 11.5. The summed E-state index contributed by atoms with van der Waals surface area (Å²) in [4.78, 5) is 5.15. The van der Waals surface area contributed by atoms with Crippen LogP contribution in [-0.4, -0.2) is 16.7 Å². The molecule has 1 N–H and O–H groups in total. The summed E-state index contributed by atoms with van der Waals surface area (Å²) in [6, 6.07) is 8.38. The fourth-order valence-electron chi connectivity index (χ4n) is 4.87. The zero-order valence-corrected chi connectivity index (χ0v) is 20.0. The molecule has 0 saturated carbocycles. The smallest absolute Gasteiger partial charge is 0.106 e. The second kappa shape index (κ2) is 8.80. The van der Waals surface area contributed by atoms with Crippen molar-refractivity contribution in [3.8, 4) is 0 Å². The van der Waals surface area contributed by atoms with Gasteiger partial charge in [0.1, 0.15) is 6.10 Å². The second-order valence-electron chi connectivity index (χ2n) is 10.3. The maximum absolute atomic E-state index is 11.5. The summed E-state index contributed by atoms with van der Waals surface area (Å²) in [5.74, 6) is 0.717. The average molecular weight is 410 g/mol. The van der Waals surface area contributed by atoms with E-state index in [1.165, 1.54) is 11.1 Å². The zero-order valence-electron chi connectivity index (χ0n) is 20.0. The molecule has 1 aliphatic rings. The summed E-state index contributed by atoms with van der Waals surface area (Å²) in [6.07, 6.45) is 1.29. The molecule has 0 saturated heterocycles. The molecule has 0 radical (unpaired) electrons. The van der Waals surface area contributed by atoms with Crippen molar-refractivity contribution in [2.45, 2.75) is 92.3 Å². The van der Waals surface area contributed by atoms with Crippen LogP contribution in [0.1, 0.15) is 118 Å². The van der Waals surface area contributed by atoms with Crippen LogP contribution in [0.15, 0.2) is 24.3 Å². The molecule has 0 bridgehead atoms. The lowest BCUT2D eigenvalue weighted by molar-refractivity contribution is 0.0184. The minimum absolute atomic E-state index is 0.0386. The Kier molecular flexibility index (Phi) is 6.74. The number of aliphatic hydroxyl groups excluding tert-OH is 1. The lowest BCUT2D eigenvalue weighted by Gasteiger charge is -2.38. The molecule has 2 atom stereocenters. The summed E-state index contributed by atoms with van der Waals surface area (Å²) < 4.78 is 6.19.